The molecule has 1 heterocycles. The quantitative estimate of drug-likeness (QED) is 0.649. The number of nitrogens with one attached hydrogen (secondary N) is 3. The van der Waals surface area contributed by atoms with E-state index < -0.39 is 0 Å². The molecular weight excluding hydrogens is 266 g/mol. The molecule has 0 atom stereocenters. The van der Waals surface area contributed by atoms with Crippen LogP contribution in [0.2, 0.25) is 0 Å². The van der Waals surface area contributed by atoms with Crippen molar-refractivity contribution in [2.75, 3.05) is 30.8 Å². The lowest BCUT2D eigenvalue weighted by atomic mass is 10.2. The Bertz CT molecular complexity index is 448. The van der Waals surface area contributed by atoms with E-state index in [1.54, 1.807) is 0 Å². The largest absolute Gasteiger partial charge is 0.373 e. The molecule has 118 valence electrons. The van der Waals surface area contributed by atoms with Gasteiger partial charge in [-0.3, -0.25) is 4.79 Å². The lowest BCUT2D eigenvalue weighted by molar-refractivity contribution is -0.120. The predicted molar refractivity (Wildman–Crippen MR) is 86.5 cm³/mol. The number of rotatable bonds is 9. The number of hydrogen-bond donors (Lipinski definition) is 3. The Balaban J connectivity index is 2.47. The highest BCUT2D eigenvalue weighted by Gasteiger charge is 2.05. The first-order valence-corrected chi connectivity index (χ1v) is 7.61. The Morgan fingerprint density at radius 3 is 2.62 bits per heavy atom. The Morgan fingerprint density at radius 1 is 1.29 bits per heavy atom. The smallest absolute Gasteiger partial charge is 0.221 e. The van der Waals surface area contributed by atoms with Crippen LogP contribution in [-0.4, -0.2) is 36.0 Å². The first-order valence-electron chi connectivity index (χ1n) is 7.61. The fourth-order valence-corrected chi connectivity index (χ4v) is 1.76. The van der Waals surface area contributed by atoms with E-state index in [4.69, 9.17) is 0 Å². The van der Waals surface area contributed by atoms with Crippen LogP contribution in [0.1, 0.15) is 39.4 Å². The molecule has 0 aliphatic heterocycles. The fourth-order valence-electron chi connectivity index (χ4n) is 1.76. The third kappa shape index (κ3) is 6.92. The van der Waals surface area contributed by atoms with Crippen LogP contribution < -0.4 is 16.0 Å². The molecule has 6 nitrogen and oxygen atoms in total. The van der Waals surface area contributed by atoms with E-state index in [1.807, 2.05) is 13.1 Å². The van der Waals surface area contributed by atoms with Crippen molar-refractivity contribution < 1.29 is 4.79 Å². The van der Waals surface area contributed by atoms with Crippen molar-refractivity contribution in [3.8, 4) is 0 Å². The van der Waals surface area contributed by atoms with Crippen LogP contribution in [0.25, 0.3) is 0 Å². The number of amides is 1. The number of nitrogens with zero attached hydrogens (tertiary/aromatic N) is 2. The van der Waals surface area contributed by atoms with E-state index in [1.165, 1.54) is 0 Å². The molecule has 3 N–H and O–H groups in total. The molecule has 1 amide bonds. The minimum Gasteiger partial charge on any atom is -0.373 e. The van der Waals surface area contributed by atoms with Crippen molar-refractivity contribution >= 4 is 17.5 Å². The first-order chi connectivity index (χ1) is 10.0. The molecule has 6 heteroatoms. The molecule has 1 rings (SSSR count). The number of aryl methyl sites for hydroxylation is 1. The first kappa shape index (κ1) is 17.2. The van der Waals surface area contributed by atoms with E-state index in [0.29, 0.717) is 18.9 Å². The van der Waals surface area contributed by atoms with Gasteiger partial charge in [-0.1, -0.05) is 20.8 Å². The number of anilines is 2. The fraction of sp³-hybridized carbons (Fsp3) is 0.667. The Kier molecular flexibility index (Phi) is 7.50. The molecule has 0 saturated carbocycles. The van der Waals surface area contributed by atoms with Crippen LogP contribution in [-0.2, 0) is 11.2 Å². The average molecular weight is 293 g/mol. The summed E-state index contributed by atoms with van der Waals surface area (Å²) < 4.78 is 0. The van der Waals surface area contributed by atoms with E-state index in [9.17, 15) is 4.79 Å². The maximum absolute atomic E-state index is 11.6. The van der Waals surface area contributed by atoms with Crippen LogP contribution in [0.15, 0.2) is 6.07 Å². The molecule has 0 spiro atoms. The highest BCUT2D eigenvalue weighted by Crippen LogP contribution is 2.11. The van der Waals surface area contributed by atoms with Crippen molar-refractivity contribution in [2.24, 2.45) is 5.92 Å². The van der Waals surface area contributed by atoms with Gasteiger partial charge in [0.15, 0.2) is 0 Å². The van der Waals surface area contributed by atoms with Gasteiger partial charge in [0.05, 0.1) is 0 Å². The molecule has 0 unspecified atom stereocenters. The summed E-state index contributed by atoms with van der Waals surface area (Å²) in [6.07, 6.45) is 2.29. The maximum Gasteiger partial charge on any atom is 0.221 e. The molecule has 0 aliphatic carbocycles. The van der Waals surface area contributed by atoms with Crippen molar-refractivity contribution in [1.29, 1.82) is 0 Å². The van der Waals surface area contributed by atoms with Crippen molar-refractivity contribution in [2.45, 2.75) is 40.0 Å². The number of aromatic nitrogens is 2. The zero-order valence-electron chi connectivity index (χ0n) is 13.5. The lowest BCUT2D eigenvalue weighted by Crippen LogP contribution is -2.28. The van der Waals surface area contributed by atoms with Gasteiger partial charge in [0.2, 0.25) is 5.91 Å². The average Bonchev–Trinajstić information content (AvgIpc) is 2.45. The molecule has 0 bridgehead atoms. The molecule has 21 heavy (non-hydrogen) atoms. The summed E-state index contributed by atoms with van der Waals surface area (Å²) in [6, 6.07) is 1.85. The highest BCUT2D eigenvalue weighted by atomic mass is 16.1. The monoisotopic (exact) mass is 293 g/mol. The summed E-state index contributed by atoms with van der Waals surface area (Å²) in [4.78, 5) is 20.5. The van der Waals surface area contributed by atoms with Gasteiger partial charge in [0, 0.05) is 39.0 Å². The van der Waals surface area contributed by atoms with E-state index >= 15 is 0 Å². The maximum atomic E-state index is 11.6. The van der Waals surface area contributed by atoms with Gasteiger partial charge in [-0.05, 0) is 12.3 Å². The zero-order valence-corrected chi connectivity index (χ0v) is 13.5. The topological polar surface area (TPSA) is 78.9 Å². The Hall–Kier alpha value is -1.85. The SMILES string of the molecule is CCCc1nc(NC)cc(NCCC(=O)NCC(C)C)n1. The summed E-state index contributed by atoms with van der Waals surface area (Å²) in [5.74, 6) is 2.90. The Labute approximate surface area is 127 Å². The minimum absolute atomic E-state index is 0.0628. The molecule has 1 aromatic rings. The molecule has 1 aromatic heterocycles. The van der Waals surface area contributed by atoms with Gasteiger partial charge in [0.1, 0.15) is 17.5 Å². The molecule has 0 aromatic carbocycles. The second-order valence-electron chi connectivity index (χ2n) is 5.43. The molecule has 0 radical (unpaired) electrons. The van der Waals surface area contributed by atoms with Crippen molar-refractivity contribution in [1.82, 2.24) is 15.3 Å². The van der Waals surface area contributed by atoms with Gasteiger partial charge in [-0.2, -0.15) is 0 Å². The van der Waals surface area contributed by atoms with Crippen LogP contribution in [0.5, 0.6) is 0 Å². The lowest BCUT2D eigenvalue weighted by Gasteiger charge is -2.10. The molecule has 0 aliphatic rings. The molecule has 0 fully saturated rings. The normalized spacial score (nSPS) is 10.5. The van der Waals surface area contributed by atoms with Gasteiger partial charge in [-0.15, -0.1) is 0 Å². The van der Waals surface area contributed by atoms with Crippen molar-refractivity contribution in [3.63, 3.8) is 0 Å². The second kappa shape index (κ2) is 9.15. The summed E-state index contributed by atoms with van der Waals surface area (Å²) in [7, 11) is 1.83. The van der Waals surface area contributed by atoms with Crippen LogP contribution in [0.4, 0.5) is 11.6 Å². The predicted octanol–water partition coefficient (Wildman–Crippen LogP) is 2.04. The van der Waals surface area contributed by atoms with Crippen LogP contribution in [0.3, 0.4) is 0 Å². The number of hydrogen-bond acceptors (Lipinski definition) is 5. The summed E-state index contributed by atoms with van der Waals surface area (Å²) in [5.41, 5.74) is 0. The van der Waals surface area contributed by atoms with Gasteiger partial charge in [-0.25, -0.2) is 9.97 Å². The Morgan fingerprint density at radius 2 is 2.00 bits per heavy atom. The summed E-state index contributed by atoms with van der Waals surface area (Å²) >= 11 is 0. The molecular formula is C15H27N5O. The van der Waals surface area contributed by atoms with Crippen molar-refractivity contribution in [3.05, 3.63) is 11.9 Å². The van der Waals surface area contributed by atoms with E-state index in [0.717, 1.165) is 36.8 Å². The van der Waals surface area contributed by atoms with Gasteiger partial charge >= 0.3 is 0 Å². The summed E-state index contributed by atoms with van der Waals surface area (Å²) in [5, 5.41) is 9.11. The van der Waals surface area contributed by atoms with Gasteiger partial charge in [0.25, 0.3) is 0 Å². The zero-order chi connectivity index (χ0) is 15.7. The number of carbonyl (C=O) groups is 1. The standard InChI is InChI=1S/C15H27N5O/c1-5-6-12-19-13(16-4)9-14(20-12)17-8-7-15(21)18-10-11(2)3/h9,11H,5-8,10H2,1-4H3,(H,18,21)(H2,16,17,19,20). The second-order valence-corrected chi connectivity index (χ2v) is 5.43. The van der Waals surface area contributed by atoms with Crippen LogP contribution in [0, 0.1) is 5.92 Å². The van der Waals surface area contributed by atoms with Crippen LogP contribution >= 0.6 is 0 Å². The highest BCUT2D eigenvalue weighted by molar-refractivity contribution is 5.76. The van der Waals surface area contributed by atoms with E-state index in [-0.39, 0.29) is 5.91 Å². The van der Waals surface area contributed by atoms with Gasteiger partial charge < -0.3 is 16.0 Å². The van der Waals surface area contributed by atoms with E-state index in [2.05, 4.69) is 46.7 Å². The molecule has 0 saturated heterocycles. The summed E-state index contributed by atoms with van der Waals surface area (Å²) in [6.45, 7) is 7.54. The third-order valence-electron chi connectivity index (χ3n) is 2.87. The number of carbonyl (C=O) groups excluding carboxylic acids is 1. The third-order valence-corrected chi connectivity index (χ3v) is 2.87. The minimum atomic E-state index is 0.0628.